The molecule has 0 aliphatic heterocycles. The number of rotatable bonds is 3. The van der Waals surface area contributed by atoms with Crippen molar-refractivity contribution >= 4 is 11.3 Å². The summed E-state index contributed by atoms with van der Waals surface area (Å²) in [5, 5.41) is 14.1. The molecule has 1 saturated carbocycles. The summed E-state index contributed by atoms with van der Waals surface area (Å²) < 4.78 is 1.87. The molecule has 3 aromatic heterocycles. The molecule has 1 N–H and O–H groups in total. The molecule has 1 aliphatic carbocycles. The number of aliphatic hydroxyl groups excluding tert-OH is 1. The van der Waals surface area contributed by atoms with Gasteiger partial charge in [-0.3, -0.25) is 0 Å². The fourth-order valence-electron chi connectivity index (χ4n) is 3.53. The lowest BCUT2D eigenvalue weighted by Crippen LogP contribution is -2.36. The van der Waals surface area contributed by atoms with Crippen molar-refractivity contribution in [1.29, 1.82) is 0 Å². The van der Waals surface area contributed by atoms with Gasteiger partial charge in [0.25, 0.3) is 0 Å². The molecule has 0 atom stereocenters. The zero-order valence-corrected chi connectivity index (χ0v) is 13.8. The van der Waals surface area contributed by atoms with Crippen molar-refractivity contribution in [2.75, 3.05) is 11.9 Å². The van der Waals surface area contributed by atoms with E-state index in [0.717, 1.165) is 48.3 Å². The van der Waals surface area contributed by atoms with Gasteiger partial charge in [-0.15, -0.1) is 0 Å². The second kappa shape index (κ2) is 6.24. The van der Waals surface area contributed by atoms with E-state index < -0.39 is 0 Å². The predicted octanol–water partition coefficient (Wildman–Crippen LogP) is 3.14. The molecule has 0 aromatic carbocycles. The number of pyridine rings is 2. The molecule has 1 aliphatic rings. The smallest absolute Gasteiger partial charge is 0.129 e. The first-order chi connectivity index (χ1) is 11.7. The van der Waals surface area contributed by atoms with Gasteiger partial charge in [-0.1, -0.05) is 12.1 Å². The summed E-state index contributed by atoms with van der Waals surface area (Å²) in [7, 11) is 2.10. The van der Waals surface area contributed by atoms with E-state index in [1.54, 1.807) is 0 Å². The number of hydrogen-bond acceptors (Lipinski definition) is 4. The van der Waals surface area contributed by atoms with Gasteiger partial charge in [0.15, 0.2) is 0 Å². The number of nitrogens with zero attached hydrogens (tertiary/aromatic N) is 4. The summed E-state index contributed by atoms with van der Waals surface area (Å²) in [5.74, 6) is 0.976. The Hall–Kier alpha value is -2.40. The fourth-order valence-corrected chi connectivity index (χ4v) is 3.53. The van der Waals surface area contributed by atoms with Crippen LogP contribution >= 0.6 is 0 Å². The lowest BCUT2D eigenvalue weighted by molar-refractivity contribution is 0.122. The first kappa shape index (κ1) is 15.1. The first-order valence-corrected chi connectivity index (χ1v) is 8.53. The largest absolute Gasteiger partial charge is 0.393 e. The van der Waals surface area contributed by atoms with Gasteiger partial charge in [0, 0.05) is 24.8 Å². The molecular weight excluding hydrogens is 300 g/mol. The molecular formula is C19H22N4O. The minimum absolute atomic E-state index is 0.132. The molecule has 4 rings (SSSR count). The third-order valence-corrected chi connectivity index (χ3v) is 5.01. The molecule has 3 heterocycles. The maximum absolute atomic E-state index is 9.71. The zero-order valence-electron chi connectivity index (χ0n) is 13.8. The van der Waals surface area contributed by atoms with Crippen LogP contribution in [0.5, 0.6) is 0 Å². The van der Waals surface area contributed by atoms with E-state index in [-0.39, 0.29) is 6.10 Å². The SMILES string of the molecule is CN(c1cccc(-c2cnn3ccccc23)n1)C1CCC(O)CC1. The van der Waals surface area contributed by atoms with Gasteiger partial charge in [0.1, 0.15) is 5.82 Å². The Morgan fingerprint density at radius 2 is 1.92 bits per heavy atom. The summed E-state index contributed by atoms with van der Waals surface area (Å²) in [6.45, 7) is 0. The average Bonchev–Trinajstić information content (AvgIpc) is 3.06. The van der Waals surface area contributed by atoms with Crippen LogP contribution in [-0.4, -0.2) is 38.9 Å². The average molecular weight is 322 g/mol. The van der Waals surface area contributed by atoms with Gasteiger partial charge in [-0.25, -0.2) is 9.50 Å². The minimum Gasteiger partial charge on any atom is -0.393 e. The molecule has 5 nitrogen and oxygen atoms in total. The molecule has 0 amide bonds. The van der Waals surface area contributed by atoms with E-state index in [2.05, 4.69) is 35.2 Å². The van der Waals surface area contributed by atoms with Gasteiger partial charge in [-0.2, -0.15) is 5.10 Å². The lowest BCUT2D eigenvalue weighted by Gasteiger charge is -2.34. The second-order valence-electron chi connectivity index (χ2n) is 6.54. The third kappa shape index (κ3) is 2.76. The lowest BCUT2D eigenvalue weighted by atomic mass is 9.92. The van der Waals surface area contributed by atoms with Crippen molar-refractivity contribution in [3.63, 3.8) is 0 Å². The van der Waals surface area contributed by atoms with Crippen molar-refractivity contribution in [2.45, 2.75) is 37.8 Å². The van der Waals surface area contributed by atoms with Gasteiger partial charge in [0.05, 0.1) is 23.5 Å². The Morgan fingerprint density at radius 3 is 2.75 bits per heavy atom. The second-order valence-corrected chi connectivity index (χ2v) is 6.54. The molecule has 1 fully saturated rings. The summed E-state index contributed by atoms with van der Waals surface area (Å²) in [4.78, 5) is 7.12. The van der Waals surface area contributed by atoms with Crippen LogP contribution in [0.25, 0.3) is 16.8 Å². The minimum atomic E-state index is -0.132. The molecule has 5 heteroatoms. The maximum Gasteiger partial charge on any atom is 0.129 e. The Bertz CT molecular complexity index is 836. The van der Waals surface area contributed by atoms with Crippen LogP contribution in [0, 0.1) is 0 Å². The maximum atomic E-state index is 9.71. The normalized spacial score (nSPS) is 21.1. The molecule has 24 heavy (non-hydrogen) atoms. The number of anilines is 1. The monoisotopic (exact) mass is 322 g/mol. The van der Waals surface area contributed by atoms with E-state index in [1.807, 2.05) is 35.1 Å². The fraction of sp³-hybridized carbons (Fsp3) is 0.368. The Kier molecular flexibility index (Phi) is 3.94. The summed E-state index contributed by atoms with van der Waals surface area (Å²) in [6.07, 6.45) is 7.47. The Balaban J connectivity index is 1.64. The summed E-state index contributed by atoms with van der Waals surface area (Å²) in [5.41, 5.74) is 3.05. The van der Waals surface area contributed by atoms with Crippen LogP contribution in [0.15, 0.2) is 48.8 Å². The van der Waals surface area contributed by atoms with E-state index >= 15 is 0 Å². The van der Waals surface area contributed by atoms with Crippen LogP contribution in [0.3, 0.4) is 0 Å². The van der Waals surface area contributed by atoms with E-state index in [9.17, 15) is 5.11 Å². The van der Waals surface area contributed by atoms with Gasteiger partial charge in [-0.05, 0) is 49.9 Å². The molecule has 0 saturated heterocycles. The van der Waals surface area contributed by atoms with Crippen LogP contribution < -0.4 is 4.90 Å². The molecule has 0 spiro atoms. The van der Waals surface area contributed by atoms with E-state index in [4.69, 9.17) is 4.98 Å². The summed E-state index contributed by atoms with van der Waals surface area (Å²) in [6, 6.07) is 12.6. The highest BCUT2D eigenvalue weighted by Crippen LogP contribution is 2.28. The molecule has 124 valence electrons. The van der Waals surface area contributed by atoms with Gasteiger partial charge >= 0.3 is 0 Å². The van der Waals surface area contributed by atoms with Crippen LogP contribution in [0.4, 0.5) is 5.82 Å². The molecule has 0 unspecified atom stereocenters. The van der Waals surface area contributed by atoms with E-state index in [1.165, 1.54) is 0 Å². The van der Waals surface area contributed by atoms with Crippen molar-refractivity contribution < 1.29 is 5.11 Å². The molecule has 0 bridgehead atoms. The third-order valence-electron chi connectivity index (χ3n) is 5.01. The van der Waals surface area contributed by atoms with Crippen LogP contribution in [0.2, 0.25) is 0 Å². The predicted molar refractivity (Wildman–Crippen MR) is 95.1 cm³/mol. The standard InChI is InChI=1S/C19H22N4O/c1-22(14-8-10-15(24)11-9-14)19-7-4-5-17(21-19)16-13-20-23-12-3-2-6-18(16)23/h2-7,12-15,24H,8-11H2,1H3. The molecule has 3 aromatic rings. The van der Waals surface area contributed by atoms with Crippen molar-refractivity contribution in [2.24, 2.45) is 0 Å². The van der Waals surface area contributed by atoms with Gasteiger partial charge in [0.2, 0.25) is 0 Å². The van der Waals surface area contributed by atoms with E-state index in [0.29, 0.717) is 6.04 Å². The highest BCUT2D eigenvalue weighted by molar-refractivity contribution is 5.78. The van der Waals surface area contributed by atoms with Gasteiger partial charge < -0.3 is 10.0 Å². The summed E-state index contributed by atoms with van der Waals surface area (Å²) >= 11 is 0. The Labute approximate surface area is 141 Å². The Morgan fingerprint density at radius 1 is 1.08 bits per heavy atom. The van der Waals surface area contributed by atoms with Crippen LogP contribution in [0.1, 0.15) is 25.7 Å². The number of hydrogen-bond donors (Lipinski definition) is 1. The van der Waals surface area contributed by atoms with Crippen LogP contribution in [-0.2, 0) is 0 Å². The number of fused-ring (bicyclic) bond motifs is 1. The van der Waals surface area contributed by atoms with Crippen molar-refractivity contribution in [1.82, 2.24) is 14.6 Å². The number of aromatic nitrogens is 3. The van der Waals surface area contributed by atoms with Crippen molar-refractivity contribution in [3.8, 4) is 11.3 Å². The zero-order chi connectivity index (χ0) is 16.5. The highest BCUT2D eigenvalue weighted by atomic mass is 16.3. The first-order valence-electron chi connectivity index (χ1n) is 8.53. The number of aliphatic hydroxyl groups is 1. The van der Waals surface area contributed by atoms with Crippen molar-refractivity contribution in [3.05, 3.63) is 48.8 Å². The highest BCUT2D eigenvalue weighted by Gasteiger charge is 2.23. The topological polar surface area (TPSA) is 53.7 Å². The quantitative estimate of drug-likeness (QED) is 0.805. The molecule has 0 radical (unpaired) electrons.